The van der Waals surface area contributed by atoms with Gasteiger partial charge in [-0.1, -0.05) is 18.2 Å². The van der Waals surface area contributed by atoms with Gasteiger partial charge in [-0.15, -0.1) is 0 Å². The number of imide groups is 1. The van der Waals surface area contributed by atoms with Crippen molar-refractivity contribution in [2.75, 3.05) is 13.7 Å². The molecule has 6 nitrogen and oxygen atoms in total. The van der Waals surface area contributed by atoms with Gasteiger partial charge in [0.1, 0.15) is 6.61 Å². The number of benzene rings is 2. The predicted octanol–water partition coefficient (Wildman–Crippen LogP) is 4.81. The van der Waals surface area contributed by atoms with Gasteiger partial charge in [-0.05, 0) is 71.1 Å². The first-order chi connectivity index (χ1) is 14.0. The van der Waals surface area contributed by atoms with Gasteiger partial charge in [-0.3, -0.25) is 14.5 Å². The van der Waals surface area contributed by atoms with Crippen LogP contribution >= 0.6 is 34.4 Å². The third kappa shape index (κ3) is 4.57. The summed E-state index contributed by atoms with van der Waals surface area (Å²) in [6, 6.07) is 13.0. The Bertz CT molecular complexity index is 1050. The molecule has 0 aromatic heterocycles. The summed E-state index contributed by atoms with van der Waals surface area (Å²) in [5.74, 6) is 0.775. The number of methoxy groups -OCH3 is 1. The number of carbonyl (C=O) groups excluding carboxylic acids is 2. The zero-order valence-corrected chi connectivity index (χ0v) is 18.7. The third-order valence-electron chi connectivity index (χ3n) is 4.25. The number of ether oxygens (including phenoxy) is 2. The molecule has 0 bridgehead atoms. The Morgan fingerprint density at radius 2 is 2.03 bits per heavy atom. The maximum absolute atomic E-state index is 12.3. The van der Waals surface area contributed by atoms with Crippen LogP contribution in [0.15, 0.2) is 41.3 Å². The first kappa shape index (κ1) is 21.2. The summed E-state index contributed by atoms with van der Waals surface area (Å²) in [7, 11) is 1.54. The number of rotatable bonds is 6. The highest BCUT2D eigenvalue weighted by Crippen LogP contribution is 2.37. The SMILES string of the molecule is CCN1C(=O)S/C(=C/c2cc(I)c(OCc3ccccc3C#N)c(OC)c2)C1=O. The number of carbonyl (C=O) groups is 2. The van der Waals surface area contributed by atoms with Crippen molar-refractivity contribution in [1.82, 2.24) is 4.90 Å². The van der Waals surface area contributed by atoms with Gasteiger partial charge in [0.25, 0.3) is 11.1 Å². The van der Waals surface area contributed by atoms with E-state index in [1.807, 2.05) is 18.2 Å². The largest absolute Gasteiger partial charge is 0.493 e. The number of hydrogen-bond donors (Lipinski definition) is 0. The highest BCUT2D eigenvalue weighted by molar-refractivity contribution is 14.1. The zero-order chi connectivity index (χ0) is 21.0. The van der Waals surface area contributed by atoms with E-state index in [0.717, 1.165) is 26.5 Å². The second-order valence-corrected chi connectivity index (χ2v) is 8.17. The summed E-state index contributed by atoms with van der Waals surface area (Å²) in [6.45, 7) is 2.34. The molecule has 0 unspecified atom stereocenters. The molecule has 2 aromatic rings. The van der Waals surface area contributed by atoms with Crippen LogP contribution in [-0.2, 0) is 11.4 Å². The topological polar surface area (TPSA) is 79.6 Å². The fourth-order valence-corrected chi connectivity index (χ4v) is 4.48. The lowest BCUT2D eigenvalue weighted by Crippen LogP contribution is -2.27. The van der Waals surface area contributed by atoms with Crippen LogP contribution in [-0.4, -0.2) is 29.7 Å². The molecule has 8 heteroatoms. The molecule has 2 aromatic carbocycles. The smallest absolute Gasteiger partial charge is 0.293 e. The lowest BCUT2D eigenvalue weighted by atomic mass is 10.1. The number of nitrogens with zero attached hydrogens (tertiary/aromatic N) is 2. The number of amides is 2. The predicted molar refractivity (Wildman–Crippen MR) is 120 cm³/mol. The third-order valence-corrected chi connectivity index (χ3v) is 5.96. The van der Waals surface area contributed by atoms with Crippen LogP contribution in [0.2, 0.25) is 0 Å². The second kappa shape index (κ2) is 9.33. The average molecular weight is 520 g/mol. The molecule has 1 aliphatic rings. The van der Waals surface area contributed by atoms with E-state index in [4.69, 9.17) is 9.47 Å². The Kier molecular flexibility index (Phi) is 6.82. The second-order valence-electron chi connectivity index (χ2n) is 6.02. The summed E-state index contributed by atoms with van der Waals surface area (Å²) in [5.41, 5.74) is 2.08. The molecule has 0 saturated carbocycles. The fourth-order valence-electron chi connectivity index (χ4n) is 2.79. The first-order valence-electron chi connectivity index (χ1n) is 8.72. The zero-order valence-electron chi connectivity index (χ0n) is 15.8. The Labute approximate surface area is 186 Å². The maximum Gasteiger partial charge on any atom is 0.293 e. The van der Waals surface area contributed by atoms with Crippen molar-refractivity contribution in [1.29, 1.82) is 5.26 Å². The fraction of sp³-hybridized carbons (Fsp3) is 0.190. The van der Waals surface area contributed by atoms with Crippen molar-refractivity contribution < 1.29 is 19.1 Å². The van der Waals surface area contributed by atoms with Gasteiger partial charge in [0.15, 0.2) is 11.5 Å². The van der Waals surface area contributed by atoms with Crippen LogP contribution in [0.4, 0.5) is 4.79 Å². The lowest BCUT2D eigenvalue weighted by molar-refractivity contribution is -0.122. The average Bonchev–Trinajstić information content (AvgIpc) is 2.99. The highest BCUT2D eigenvalue weighted by atomic mass is 127. The summed E-state index contributed by atoms with van der Waals surface area (Å²) >= 11 is 3.06. The van der Waals surface area contributed by atoms with Crippen molar-refractivity contribution in [3.8, 4) is 17.6 Å². The molecule has 148 valence electrons. The van der Waals surface area contributed by atoms with Gasteiger partial charge in [-0.25, -0.2) is 0 Å². The van der Waals surface area contributed by atoms with Gasteiger partial charge >= 0.3 is 0 Å². The Morgan fingerprint density at radius 3 is 2.69 bits per heavy atom. The van der Waals surface area contributed by atoms with Gasteiger partial charge in [0, 0.05) is 12.1 Å². The summed E-state index contributed by atoms with van der Waals surface area (Å²) < 4.78 is 12.2. The van der Waals surface area contributed by atoms with E-state index in [-0.39, 0.29) is 17.8 Å². The van der Waals surface area contributed by atoms with Crippen molar-refractivity contribution in [2.24, 2.45) is 0 Å². The molecular weight excluding hydrogens is 503 g/mol. The van der Waals surface area contributed by atoms with E-state index in [0.29, 0.717) is 28.5 Å². The van der Waals surface area contributed by atoms with Crippen LogP contribution < -0.4 is 9.47 Å². The quantitative estimate of drug-likeness (QED) is 0.402. The van der Waals surface area contributed by atoms with Gasteiger partial charge in [0.05, 0.1) is 27.2 Å². The normalized spacial score (nSPS) is 15.0. The molecule has 1 fully saturated rings. The molecule has 0 atom stereocenters. The number of hydrogen-bond acceptors (Lipinski definition) is 6. The standard InChI is InChI=1S/C21H17IN2O4S/c1-3-24-20(25)18(29-21(24)26)10-13-8-16(22)19(17(9-13)27-2)28-12-15-7-5-4-6-14(15)11-23/h4-10H,3,12H2,1-2H3/b18-10+. The van der Waals surface area contributed by atoms with Crippen LogP contribution in [0.3, 0.4) is 0 Å². The van der Waals surface area contributed by atoms with Crippen molar-refractivity contribution in [2.45, 2.75) is 13.5 Å². The molecule has 1 saturated heterocycles. The minimum atomic E-state index is -0.287. The molecular formula is C21H17IN2O4S. The van der Waals surface area contributed by atoms with Crippen LogP contribution in [0, 0.1) is 14.9 Å². The van der Waals surface area contributed by atoms with Crippen LogP contribution in [0.1, 0.15) is 23.6 Å². The van der Waals surface area contributed by atoms with E-state index in [2.05, 4.69) is 28.7 Å². The molecule has 2 amide bonds. The Balaban J connectivity index is 1.87. The molecule has 0 radical (unpaired) electrons. The first-order valence-corrected chi connectivity index (χ1v) is 10.6. The van der Waals surface area contributed by atoms with Crippen molar-refractivity contribution in [3.05, 3.63) is 61.6 Å². The molecule has 0 spiro atoms. The maximum atomic E-state index is 12.3. The minimum absolute atomic E-state index is 0.227. The van der Waals surface area contributed by atoms with Gasteiger partial charge in [0.2, 0.25) is 0 Å². The highest BCUT2D eigenvalue weighted by Gasteiger charge is 2.33. The number of thioether (sulfide) groups is 1. The molecule has 1 heterocycles. The van der Waals surface area contributed by atoms with E-state index in [1.54, 1.807) is 31.2 Å². The summed E-state index contributed by atoms with van der Waals surface area (Å²) in [4.78, 5) is 25.8. The minimum Gasteiger partial charge on any atom is -0.493 e. The monoisotopic (exact) mass is 520 g/mol. The summed E-state index contributed by atoms with van der Waals surface area (Å²) in [5, 5.41) is 8.96. The van der Waals surface area contributed by atoms with Crippen LogP contribution in [0.25, 0.3) is 6.08 Å². The van der Waals surface area contributed by atoms with Gasteiger partial charge in [-0.2, -0.15) is 5.26 Å². The number of nitriles is 1. The molecule has 0 aliphatic carbocycles. The van der Waals surface area contributed by atoms with E-state index < -0.39 is 0 Å². The van der Waals surface area contributed by atoms with Crippen molar-refractivity contribution in [3.63, 3.8) is 0 Å². The Morgan fingerprint density at radius 1 is 1.28 bits per heavy atom. The number of likely N-dealkylation sites (N-methyl/N-ethyl adjacent to an activating group) is 1. The molecule has 3 rings (SSSR count). The molecule has 29 heavy (non-hydrogen) atoms. The van der Waals surface area contributed by atoms with Gasteiger partial charge < -0.3 is 9.47 Å². The lowest BCUT2D eigenvalue weighted by Gasteiger charge is -2.14. The molecule has 0 N–H and O–H groups in total. The summed E-state index contributed by atoms with van der Waals surface area (Å²) in [6.07, 6.45) is 1.68. The van der Waals surface area contributed by atoms with E-state index >= 15 is 0 Å². The van der Waals surface area contributed by atoms with E-state index in [1.165, 1.54) is 12.0 Å². The van der Waals surface area contributed by atoms with Crippen LogP contribution in [0.5, 0.6) is 11.5 Å². The Hall–Kier alpha value is -2.51. The molecule has 1 aliphatic heterocycles. The van der Waals surface area contributed by atoms with Crippen molar-refractivity contribution >= 4 is 51.6 Å². The van der Waals surface area contributed by atoms with E-state index in [9.17, 15) is 14.9 Å². The number of halogens is 1.